The molecule has 0 radical (unpaired) electrons. The smallest absolute Gasteiger partial charge is 0.305 e. The fraction of sp³-hybridized carbons (Fsp3) is 0.852. The minimum absolute atomic E-state index is 0.0754. The zero-order valence-corrected chi connectivity index (χ0v) is 20.2. The van der Waals surface area contributed by atoms with Crippen LogP contribution < -0.4 is 0 Å². The van der Waals surface area contributed by atoms with E-state index in [1.807, 2.05) is 6.92 Å². The van der Waals surface area contributed by atoms with Crippen molar-refractivity contribution < 1.29 is 19.1 Å². The summed E-state index contributed by atoms with van der Waals surface area (Å²) in [5.41, 5.74) is 2.43. The fourth-order valence-corrected chi connectivity index (χ4v) is 8.23. The first-order valence-electron chi connectivity index (χ1n) is 12.7. The van der Waals surface area contributed by atoms with E-state index in [9.17, 15) is 9.59 Å². The maximum absolute atomic E-state index is 11.7. The molecule has 8 atom stereocenters. The molecule has 0 N–H and O–H groups in total. The Labute approximate surface area is 188 Å². The second-order valence-corrected chi connectivity index (χ2v) is 11.5. The van der Waals surface area contributed by atoms with Crippen LogP contribution in [0.25, 0.3) is 0 Å². The largest absolute Gasteiger partial charge is 0.465 e. The van der Waals surface area contributed by atoms with Crippen molar-refractivity contribution in [1.29, 1.82) is 0 Å². The highest BCUT2D eigenvalue weighted by Gasteiger charge is 2.58. The third-order valence-electron chi connectivity index (χ3n) is 9.92. The van der Waals surface area contributed by atoms with E-state index in [1.165, 1.54) is 39.0 Å². The highest BCUT2D eigenvalue weighted by molar-refractivity contribution is 5.68. The number of carbonyl (C=O) groups excluding carboxylic acids is 2. The van der Waals surface area contributed by atoms with Crippen molar-refractivity contribution in [3.05, 3.63) is 11.6 Å². The van der Waals surface area contributed by atoms with Gasteiger partial charge >= 0.3 is 11.9 Å². The van der Waals surface area contributed by atoms with Crippen LogP contribution in [0.5, 0.6) is 0 Å². The monoisotopic (exact) mass is 430 g/mol. The molecule has 31 heavy (non-hydrogen) atoms. The molecule has 0 saturated heterocycles. The molecular weight excluding hydrogens is 388 g/mol. The van der Waals surface area contributed by atoms with Crippen molar-refractivity contribution in [2.75, 3.05) is 6.61 Å². The molecule has 4 heteroatoms. The average molecular weight is 431 g/mol. The zero-order chi connectivity index (χ0) is 22.4. The Balaban J connectivity index is 1.49. The van der Waals surface area contributed by atoms with Crippen molar-refractivity contribution in [1.82, 2.24) is 0 Å². The summed E-state index contributed by atoms with van der Waals surface area (Å²) < 4.78 is 11.1. The summed E-state index contributed by atoms with van der Waals surface area (Å²) in [4.78, 5) is 23.1. The highest BCUT2D eigenvalue weighted by Crippen LogP contribution is 2.66. The molecule has 4 rings (SSSR count). The van der Waals surface area contributed by atoms with E-state index in [1.54, 1.807) is 5.57 Å². The van der Waals surface area contributed by atoms with Crippen molar-refractivity contribution in [2.24, 2.45) is 40.4 Å². The summed E-state index contributed by atoms with van der Waals surface area (Å²) in [7, 11) is 0. The molecule has 0 aromatic carbocycles. The molecule has 4 aliphatic carbocycles. The van der Waals surface area contributed by atoms with Gasteiger partial charge in [0.05, 0.1) is 6.61 Å². The number of hydrogen-bond donors (Lipinski definition) is 0. The molecule has 174 valence electrons. The number of fused-ring (bicyclic) bond motifs is 5. The van der Waals surface area contributed by atoms with Crippen LogP contribution in [-0.4, -0.2) is 24.6 Å². The van der Waals surface area contributed by atoms with Crippen molar-refractivity contribution >= 4 is 11.9 Å². The molecule has 4 unspecified atom stereocenters. The van der Waals surface area contributed by atoms with Gasteiger partial charge in [0.1, 0.15) is 6.10 Å². The number of hydrogen-bond acceptors (Lipinski definition) is 4. The van der Waals surface area contributed by atoms with Crippen molar-refractivity contribution in [3.63, 3.8) is 0 Å². The number of carbonyl (C=O) groups is 2. The Morgan fingerprint density at radius 2 is 1.81 bits per heavy atom. The van der Waals surface area contributed by atoms with E-state index in [-0.39, 0.29) is 18.0 Å². The molecular formula is C27H42O4. The molecule has 0 amide bonds. The van der Waals surface area contributed by atoms with Gasteiger partial charge < -0.3 is 9.47 Å². The topological polar surface area (TPSA) is 52.6 Å². The number of rotatable bonds is 5. The Morgan fingerprint density at radius 3 is 2.52 bits per heavy atom. The second kappa shape index (κ2) is 8.56. The lowest BCUT2D eigenvalue weighted by atomic mass is 9.47. The zero-order valence-electron chi connectivity index (χ0n) is 20.2. The van der Waals surface area contributed by atoms with Crippen LogP contribution in [-0.2, 0) is 19.1 Å². The van der Waals surface area contributed by atoms with Gasteiger partial charge in [-0.25, -0.2) is 0 Å². The van der Waals surface area contributed by atoms with E-state index in [0.717, 1.165) is 19.3 Å². The second-order valence-electron chi connectivity index (χ2n) is 11.5. The lowest BCUT2D eigenvalue weighted by Crippen LogP contribution is -2.50. The standard InChI is InChI=1S/C27H42O4/c1-6-25(29)30-16-17(2)22-9-10-23-21-8-7-19-15-20(31-18(3)28)11-13-26(19,4)24(21)12-14-27(22,23)5/h8,17,19-20,22-24H,6-7,9-16H2,1-5H3/t17-,19?,20+,22?,23?,24?,26+,27-/m1/s1. The third-order valence-corrected chi connectivity index (χ3v) is 9.92. The molecule has 0 bridgehead atoms. The Bertz CT molecular complexity index is 742. The molecule has 4 aliphatic rings. The predicted molar refractivity (Wildman–Crippen MR) is 121 cm³/mol. The molecule has 0 heterocycles. The van der Waals surface area contributed by atoms with Crippen molar-refractivity contribution in [3.8, 4) is 0 Å². The molecule has 0 aromatic heterocycles. The first-order chi connectivity index (χ1) is 14.7. The van der Waals surface area contributed by atoms with Gasteiger partial charge in [-0.1, -0.05) is 39.3 Å². The van der Waals surface area contributed by atoms with Crippen LogP contribution in [0.15, 0.2) is 11.6 Å². The fourth-order valence-electron chi connectivity index (χ4n) is 8.23. The molecule has 0 aromatic rings. The van der Waals surface area contributed by atoms with E-state index in [2.05, 4.69) is 26.8 Å². The number of esters is 2. The van der Waals surface area contributed by atoms with Gasteiger partial charge in [0, 0.05) is 13.3 Å². The summed E-state index contributed by atoms with van der Waals surface area (Å²) in [6.07, 6.45) is 12.6. The average Bonchev–Trinajstić information content (AvgIpc) is 3.09. The minimum Gasteiger partial charge on any atom is -0.465 e. The third kappa shape index (κ3) is 3.97. The lowest BCUT2D eigenvalue weighted by molar-refractivity contribution is -0.152. The van der Waals surface area contributed by atoms with Gasteiger partial charge in [0.15, 0.2) is 0 Å². The van der Waals surface area contributed by atoms with Crippen molar-refractivity contribution in [2.45, 2.75) is 98.5 Å². The van der Waals surface area contributed by atoms with Crippen LogP contribution in [0, 0.1) is 40.4 Å². The predicted octanol–water partition coefficient (Wildman–Crippen LogP) is 6.09. The van der Waals surface area contributed by atoms with E-state index in [0.29, 0.717) is 53.4 Å². The van der Waals surface area contributed by atoms with Crippen LogP contribution >= 0.6 is 0 Å². The van der Waals surface area contributed by atoms with Crippen LogP contribution in [0.2, 0.25) is 0 Å². The van der Waals surface area contributed by atoms with Gasteiger partial charge in [-0.3, -0.25) is 9.59 Å². The number of ether oxygens (including phenoxy) is 2. The highest BCUT2D eigenvalue weighted by atomic mass is 16.5. The molecule has 4 nitrogen and oxygen atoms in total. The van der Waals surface area contributed by atoms with Gasteiger partial charge in [-0.15, -0.1) is 0 Å². The van der Waals surface area contributed by atoms with E-state index >= 15 is 0 Å². The van der Waals surface area contributed by atoms with Crippen LogP contribution in [0.1, 0.15) is 92.4 Å². The molecule has 0 aliphatic heterocycles. The summed E-state index contributed by atoms with van der Waals surface area (Å²) in [6.45, 7) is 11.3. The van der Waals surface area contributed by atoms with Gasteiger partial charge in [-0.2, -0.15) is 0 Å². The first-order valence-corrected chi connectivity index (χ1v) is 12.7. The SMILES string of the molecule is CCC(=O)OC[C@@H](C)C1CCC2C3=CCC4C[C@@H](OC(C)=O)CC[C@]4(C)C3CC[C@@]21C. The van der Waals surface area contributed by atoms with Gasteiger partial charge in [-0.05, 0) is 91.8 Å². The first kappa shape index (κ1) is 22.9. The minimum atomic E-state index is -0.134. The molecule has 3 fully saturated rings. The summed E-state index contributed by atoms with van der Waals surface area (Å²) >= 11 is 0. The Hall–Kier alpha value is -1.32. The quantitative estimate of drug-likeness (QED) is 0.391. The maximum atomic E-state index is 11.7. The van der Waals surface area contributed by atoms with E-state index < -0.39 is 0 Å². The summed E-state index contributed by atoms with van der Waals surface area (Å²) in [5.74, 6) is 2.86. The maximum Gasteiger partial charge on any atom is 0.305 e. The van der Waals surface area contributed by atoms with E-state index in [4.69, 9.17) is 9.47 Å². The summed E-state index contributed by atoms with van der Waals surface area (Å²) in [5, 5.41) is 0. The normalized spacial score (nSPS) is 42.5. The lowest BCUT2D eigenvalue weighted by Gasteiger charge is -2.58. The van der Waals surface area contributed by atoms with Crippen LogP contribution in [0.3, 0.4) is 0 Å². The molecule has 0 spiro atoms. The van der Waals surface area contributed by atoms with Crippen LogP contribution in [0.4, 0.5) is 0 Å². The van der Waals surface area contributed by atoms with Gasteiger partial charge in [0.2, 0.25) is 0 Å². The Morgan fingerprint density at radius 1 is 1.10 bits per heavy atom. The molecule has 3 saturated carbocycles. The summed E-state index contributed by atoms with van der Waals surface area (Å²) in [6, 6.07) is 0. The van der Waals surface area contributed by atoms with Gasteiger partial charge in [0.25, 0.3) is 0 Å². The number of allylic oxidation sites excluding steroid dienone is 2. The Kier molecular flexibility index (Phi) is 6.31.